The molecule has 0 heterocycles. The van der Waals surface area contributed by atoms with Crippen molar-refractivity contribution in [2.45, 2.75) is 19.4 Å². The van der Waals surface area contributed by atoms with Gasteiger partial charge in [0.25, 0.3) is 0 Å². The summed E-state index contributed by atoms with van der Waals surface area (Å²) in [5, 5.41) is 9.28. The van der Waals surface area contributed by atoms with E-state index < -0.39 is 12.0 Å². The van der Waals surface area contributed by atoms with Crippen LogP contribution in [0.5, 0.6) is 0 Å². The van der Waals surface area contributed by atoms with E-state index in [0.29, 0.717) is 5.02 Å². The zero-order valence-corrected chi connectivity index (χ0v) is 9.79. The molecule has 0 aliphatic heterocycles. The quantitative estimate of drug-likeness (QED) is 0.848. The predicted octanol–water partition coefficient (Wildman–Crippen LogP) is 2.33. The van der Waals surface area contributed by atoms with E-state index in [-0.39, 0.29) is 6.42 Å². The van der Waals surface area contributed by atoms with E-state index in [1.807, 2.05) is 13.0 Å². The molecule has 0 aliphatic rings. The molecule has 16 heavy (non-hydrogen) atoms. The predicted molar refractivity (Wildman–Crippen MR) is 65.5 cm³/mol. The monoisotopic (exact) mass is 239 g/mol. The van der Waals surface area contributed by atoms with Gasteiger partial charge >= 0.3 is 5.97 Å². The molecule has 4 heteroatoms. The van der Waals surface area contributed by atoms with Gasteiger partial charge in [0, 0.05) is 5.02 Å². The average molecular weight is 240 g/mol. The second kappa shape index (κ2) is 5.14. The summed E-state index contributed by atoms with van der Waals surface area (Å²) in [7, 11) is 0. The molecule has 1 atom stereocenters. The standard InChI is InChI=1S/C12H14ClNO2/c1-7(2)9-3-8(4-10(13)6-9)5-11(14)12(15)16/h3-4,6,11H,1,5,14H2,2H3,(H,15,16). The van der Waals surface area contributed by atoms with Crippen molar-refractivity contribution in [1.29, 1.82) is 0 Å². The van der Waals surface area contributed by atoms with Crippen LogP contribution in [0.1, 0.15) is 18.1 Å². The smallest absolute Gasteiger partial charge is 0.320 e. The van der Waals surface area contributed by atoms with E-state index in [1.165, 1.54) is 0 Å². The molecule has 3 N–H and O–H groups in total. The first-order chi connectivity index (χ1) is 7.40. The van der Waals surface area contributed by atoms with Gasteiger partial charge in [-0.1, -0.05) is 29.8 Å². The van der Waals surface area contributed by atoms with Crippen LogP contribution in [0.15, 0.2) is 24.8 Å². The molecule has 0 saturated heterocycles. The van der Waals surface area contributed by atoms with Gasteiger partial charge in [-0.2, -0.15) is 0 Å². The summed E-state index contributed by atoms with van der Waals surface area (Å²) in [6.07, 6.45) is 0.260. The lowest BCUT2D eigenvalue weighted by Crippen LogP contribution is -2.32. The Balaban J connectivity index is 2.97. The molecule has 0 amide bonds. The van der Waals surface area contributed by atoms with Gasteiger partial charge in [0.1, 0.15) is 6.04 Å². The number of allylic oxidation sites excluding steroid dienone is 1. The number of carbonyl (C=O) groups is 1. The Bertz CT molecular complexity index is 429. The maximum atomic E-state index is 10.6. The zero-order valence-electron chi connectivity index (χ0n) is 9.03. The van der Waals surface area contributed by atoms with Crippen molar-refractivity contribution < 1.29 is 9.90 Å². The SMILES string of the molecule is C=C(C)c1cc(Cl)cc(CC(N)C(=O)O)c1. The van der Waals surface area contributed by atoms with Gasteiger partial charge in [-0.05, 0) is 36.6 Å². The second-order valence-corrected chi connectivity index (χ2v) is 4.21. The highest BCUT2D eigenvalue weighted by atomic mass is 35.5. The molecule has 86 valence electrons. The molecule has 0 spiro atoms. The number of nitrogens with two attached hydrogens (primary N) is 1. The number of carboxylic acid groups (broad SMARTS) is 1. The number of hydrogen-bond acceptors (Lipinski definition) is 2. The van der Waals surface area contributed by atoms with Gasteiger partial charge in [0.2, 0.25) is 0 Å². The van der Waals surface area contributed by atoms with E-state index in [9.17, 15) is 4.79 Å². The van der Waals surface area contributed by atoms with Gasteiger partial charge in [-0.25, -0.2) is 0 Å². The molecule has 3 nitrogen and oxygen atoms in total. The van der Waals surface area contributed by atoms with Gasteiger partial charge in [-0.15, -0.1) is 0 Å². The number of rotatable bonds is 4. The van der Waals surface area contributed by atoms with Crippen LogP contribution in [0, 0.1) is 0 Å². The zero-order chi connectivity index (χ0) is 12.3. The van der Waals surface area contributed by atoms with E-state index >= 15 is 0 Å². The molecular formula is C12H14ClNO2. The molecule has 0 fully saturated rings. The van der Waals surface area contributed by atoms with Crippen LogP contribution in [0.25, 0.3) is 5.57 Å². The van der Waals surface area contributed by atoms with Crippen LogP contribution >= 0.6 is 11.6 Å². The maximum absolute atomic E-state index is 10.6. The minimum atomic E-state index is -1.02. The van der Waals surface area contributed by atoms with Crippen molar-refractivity contribution in [3.05, 3.63) is 40.9 Å². The van der Waals surface area contributed by atoms with Crippen molar-refractivity contribution in [1.82, 2.24) is 0 Å². The fraction of sp³-hybridized carbons (Fsp3) is 0.250. The van der Waals surface area contributed by atoms with Crippen molar-refractivity contribution in [3.8, 4) is 0 Å². The Kier molecular flexibility index (Phi) is 4.10. The number of benzene rings is 1. The minimum absolute atomic E-state index is 0.260. The summed E-state index contributed by atoms with van der Waals surface area (Å²) in [6.45, 7) is 5.68. The van der Waals surface area contributed by atoms with Crippen LogP contribution in [-0.4, -0.2) is 17.1 Å². The lowest BCUT2D eigenvalue weighted by Gasteiger charge is -2.09. The van der Waals surface area contributed by atoms with Gasteiger partial charge in [-0.3, -0.25) is 4.79 Å². The Morgan fingerprint density at radius 2 is 2.19 bits per heavy atom. The molecule has 1 aromatic carbocycles. The average Bonchev–Trinajstić information content (AvgIpc) is 2.16. The van der Waals surface area contributed by atoms with Crippen LogP contribution in [0.4, 0.5) is 0 Å². The third-order valence-electron chi connectivity index (χ3n) is 2.22. The summed E-state index contributed by atoms with van der Waals surface area (Å²) in [4.78, 5) is 10.6. The Morgan fingerprint density at radius 1 is 1.56 bits per heavy atom. The van der Waals surface area contributed by atoms with Crippen molar-refractivity contribution >= 4 is 23.1 Å². The fourth-order valence-corrected chi connectivity index (χ4v) is 1.61. The first-order valence-corrected chi connectivity index (χ1v) is 5.21. The van der Waals surface area contributed by atoms with Crippen molar-refractivity contribution in [2.24, 2.45) is 5.73 Å². The highest BCUT2D eigenvalue weighted by molar-refractivity contribution is 6.30. The third-order valence-corrected chi connectivity index (χ3v) is 2.44. The van der Waals surface area contributed by atoms with Crippen molar-refractivity contribution in [2.75, 3.05) is 0 Å². The van der Waals surface area contributed by atoms with Crippen LogP contribution < -0.4 is 5.73 Å². The highest BCUT2D eigenvalue weighted by Crippen LogP contribution is 2.20. The topological polar surface area (TPSA) is 63.3 Å². The van der Waals surface area contributed by atoms with E-state index in [4.69, 9.17) is 22.4 Å². The molecular weight excluding hydrogens is 226 g/mol. The number of hydrogen-bond donors (Lipinski definition) is 2. The highest BCUT2D eigenvalue weighted by Gasteiger charge is 2.12. The first-order valence-electron chi connectivity index (χ1n) is 4.84. The van der Waals surface area contributed by atoms with Crippen LogP contribution in [-0.2, 0) is 11.2 Å². The van der Waals surface area contributed by atoms with E-state index in [2.05, 4.69) is 6.58 Å². The summed E-state index contributed by atoms with van der Waals surface area (Å²) in [5.74, 6) is -1.02. The Hall–Kier alpha value is -1.32. The molecule has 0 aromatic heterocycles. The maximum Gasteiger partial charge on any atom is 0.320 e. The fourth-order valence-electron chi connectivity index (χ4n) is 1.36. The summed E-state index contributed by atoms with van der Waals surface area (Å²) < 4.78 is 0. The van der Waals surface area contributed by atoms with Crippen LogP contribution in [0.3, 0.4) is 0 Å². The summed E-state index contributed by atoms with van der Waals surface area (Å²) >= 11 is 5.93. The lowest BCUT2D eigenvalue weighted by atomic mass is 10.0. The van der Waals surface area contributed by atoms with E-state index in [0.717, 1.165) is 16.7 Å². The number of carboxylic acids is 1. The van der Waals surface area contributed by atoms with Gasteiger partial charge < -0.3 is 10.8 Å². The molecule has 0 bridgehead atoms. The molecule has 0 aliphatic carbocycles. The van der Waals surface area contributed by atoms with Crippen molar-refractivity contribution in [3.63, 3.8) is 0 Å². The van der Waals surface area contributed by atoms with E-state index in [1.54, 1.807) is 12.1 Å². The van der Waals surface area contributed by atoms with Gasteiger partial charge in [0.15, 0.2) is 0 Å². The lowest BCUT2D eigenvalue weighted by molar-refractivity contribution is -0.138. The van der Waals surface area contributed by atoms with Gasteiger partial charge in [0.05, 0.1) is 0 Å². The number of aliphatic carboxylic acids is 1. The Labute approximate surface area is 99.5 Å². The summed E-state index contributed by atoms with van der Waals surface area (Å²) in [6, 6.07) is 4.46. The molecule has 1 rings (SSSR count). The molecule has 0 saturated carbocycles. The second-order valence-electron chi connectivity index (χ2n) is 3.78. The van der Waals surface area contributed by atoms with Crippen LogP contribution in [0.2, 0.25) is 5.02 Å². The number of halogens is 1. The molecule has 1 aromatic rings. The minimum Gasteiger partial charge on any atom is -0.480 e. The Morgan fingerprint density at radius 3 is 2.69 bits per heavy atom. The normalized spacial score (nSPS) is 12.2. The largest absolute Gasteiger partial charge is 0.480 e. The molecule has 1 unspecified atom stereocenters. The first kappa shape index (κ1) is 12.7. The third kappa shape index (κ3) is 3.36. The molecule has 0 radical (unpaired) electrons. The summed E-state index contributed by atoms with van der Waals surface area (Å²) in [5.41, 5.74) is 8.05.